The second-order valence-corrected chi connectivity index (χ2v) is 4.52. The van der Waals surface area contributed by atoms with Crippen molar-refractivity contribution >= 4 is 0 Å². The molecular formula is C15H13F4N. The quantitative estimate of drug-likeness (QED) is 0.843. The predicted octanol–water partition coefficient (Wildman–Crippen LogP) is 3.86. The van der Waals surface area contributed by atoms with Crippen molar-refractivity contribution in [1.82, 2.24) is 5.32 Å². The summed E-state index contributed by atoms with van der Waals surface area (Å²) in [7, 11) is 1.56. The average molecular weight is 283 g/mol. The van der Waals surface area contributed by atoms with Crippen LogP contribution in [0.1, 0.15) is 22.7 Å². The molecule has 0 aliphatic heterocycles. The van der Waals surface area contributed by atoms with E-state index in [1.54, 1.807) is 7.05 Å². The highest BCUT2D eigenvalue weighted by Crippen LogP contribution is 2.27. The molecule has 1 atom stereocenters. The molecule has 0 aromatic heterocycles. The van der Waals surface area contributed by atoms with Crippen LogP contribution in [0.5, 0.6) is 0 Å². The highest BCUT2D eigenvalue weighted by Gasteiger charge is 2.19. The van der Waals surface area contributed by atoms with Crippen molar-refractivity contribution in [2.75, 3.05) is 7.05 Å². The van der Waals surface area contributed by atoms with Crippen molar-refractivity contribution in [3.8, 4) is 0 Å². The summed E-state index contributed by atoms with van der Waals surface area (Å²) >= 11 is 0. The van der Waals surface area contributed by atoms with E-state index in [1.807, 2.05) is 0 Å². The zero-order valence-electron chi connectivity index (χ0n) is 11.0. The van der Waals surface area contributed by atoms with Gasteiger partial charge in [0.15, 0.2) is 11.6 Å². The van der Waals surface area contributed by atoms with Crippen molar-refractivity contribution in [2.45, 2.75) is 13.0 Å². The Balaban J connectivity index is 2.52. The van der Waals surface area contributed by atoms with Gasteiger partial charge < -0.3 is 5.32 Å². The van der Waals surface area contributed by atoms with Gasteiger partial charge in [-0.25, -0.2) is 17.6 Å². The van der Waals surface area contributed by atoms with E-state index in [0.29, 0.717) is 5.56 Å². The molecule has 0 heterocycles. The molecule has 0 amide bonds. The molecule has 0 fully saturated rings. The summed E-state index contributed by atoms with van der Waals surface area (Å²) < 4.78 is 53.4. The van der Waals surface area contributed by atoms with Crippen LogP contribution in [0.25, 0.3) is 0 Å². The lowest BCUT2D eigenvalue weighted by molar-refractivity contribution is 0.503. The maximum Gasteiger partial charge on any atom is 0.159 e. The molecule has 1 N–H and O–H groups in total. The Kier molecular flexibility index (Phi) is 4.09. The first kappa shape index (κ1) is 14.5. The number of nitrogens with one attached hydrogen (secondary N) is 1. The highest BCUT2D eigenvalue weighted by atomic mass is 19.2. The Morgan fingerprint density at radius 1 is 0.850 bits per heavy atom. The topological polar surface area (TPSA) is 12.0 Å². The van der Waals surface area contributed by atoms with E-state index < -0.39 is 29.3 Å². The van der Waals surface area contributed by atoms with Crippen LogP contribution in [0.15, 0.2) is 30.3 Å². The molecule has 1 nitrogen and oxygen atoms in total. The standard InChI is InChI=1S/C15H13F4N/c1-8-5-10(13(18)7-12(8)17)15(20-2)9-3-4-11(16)14(19)6-9/h3-7,15,20H,1-2H3. The Bertz CT molecular complexity index is 640. The SMILES string of the molecule is CNC(c1ccc(F)c(F)c1)c1cc(C)c(F)cc1F. The smallest absolute Gasteiger partial charge is 0.159 e. The minimum atomic E-state index is -1.01. The number of benzene rings is 2. The molecule has 0 aliphatic carbocycles. The van der Waals surface area contributed by atoms with Crippen molar-refractivity contribution < 1.29 is 17.6 Å². The average Bonchev–Trinajstić information content (AvgIpc) is 2.40. The number of halogens is 4. The monoisotopic (exact) mass is 283 g/mol. The summed E-state index contributed by atoms with van der Waals surface area (Å²) in [5.74, 6) is -3.37. The molecule has 0 aliphatic rings. The largest absolute Gasteiger partial charge is 0.309 e. The summed E-state index contributed by atoms with van der Waals surface area (Å²) in [4.78, 5) is 0. The zero-order valence-corrected chi connectivity index (χ0v) is 11.0. The third-order valence-electron chi connectivity index (χ3n) is 3.15. The summed E-state index contributed by atoms with van der Waals surface area (Å²) in [6, 6.07) is 4.78. The molecule has 0 bridgehead atoms. The van der Waals surface area contributed by atoms with E-state index in [1.165, 1.54) is 19.1 Å². The fourth-order valence-corrected chi connectivity index (χ4v) is 2.09. The van der Waals surface area contributed by atoms with E-state index in [4.69, 9.17) is 0 Å². The van der Waals surface area contributed by atoms with Crippen LogP contribution in [0, 0.1) is 30.2 Å². The predicted molar refractivity (Wildman–Crippen MR) is 68.4 cm³/mol. The van der Waals surface area contributed by atoms with Gasteiger partial charge in [0.05, 0.1) is 6.04 Å². The van der Waals surface area contributed by atoms with Crippen LogP contribution in [-0.2, 0) is 0 Å². The molecule has 20 heavy (non-hydrogen) atoms. The lowest BCUT2D eigenvalue weighted by Gasteiger charge is -2.19. The number of aryl methyl sites for hydroxylation is 1. The first-order chi connectivity index (χ1) is 9.43. The van der Waals surface area contributed by atoms with Crippen LogP contribution < -0.4 is 5.32 Å². The van der Waals surface area contributed by atoms with Gasteiger partial charge in [-0.15, -0.1) is 0 Å². The van der Waals surface area contributed by atoms with E-state index in [9.17, 15) is 17.6 Å². The molecule has 5 heteroatoms. The lowest BCUT2D eigenvalue weighted by atomic mass is 9.96. The van der Waals surface area contributed by atoms with Gasteiger partial charge in [0.2, 0.25) is 0 Å². The van der Waals surface area contributed by atoms with Gasteiger partial charge in [0, 0.05) is 11.6 Å². The highest BCUT2D eigenvalue weighted by molar-refractivity contribution is 5.36. The molecule has 0 saturated carbocycles. The normalized spacial score (nSPS) is 12.5. The van der Waals surface area contributed by atoms with Crippen LogP contribution in [0.3, 0.4) is 0 Å². The minimum absolute atomic E-state index is 0.178. The van der Waals surface area contributed by atoms with Crippen LogP contribution >= 0.6 is 0 Å². The fraction of sp³-hybridized carbons (Fsp3) is 0.200. The Hall–Kier alpha value is -1.88. The molecule has 0 radical (unpaired) electrons. The molecule has 1 unspecified atom stereocenters. The zero-order chi connectivity index (χ0) is 14.9. The summed E-state index contributed by atoms with van der Waals surface area (Å²) in [5.41, 5.74) is 0.818. The number of rotatable bonds is 3. The van der Waals surface area contributed by atoms with Crippen molar-refractivity contribution in [2.24, 2.45) is 0 Å². The third-order valence-corrected chi connectivity index (χ3v) is 3.15. The Morgan fingerprint density at radius 3 is 2.15 bits per heavy atom. The molecule has 0 saturated heterocycles. The van der Waals surface area contributed by atoms with Gasteiger partial charge in [0.25, 0.3) is 0 Å². The second-order valence-electron chi connectivity index (χ2n) is 4.52. The number of hydrogen-bond donors (Lipinski definition) is 1. The molecular weight excluding hydrogens is 270 g/mol. The maximum absolute atomic E-state index is 13.9. The van der Waals surface area contributed by atoms with Crippen molar-refractivity contribution in [1.29, 1.82) is 0 Å². The Morgan fingerprint density at radius 2 is 1.55 bits per heavy atom. The van der Waals surface area contributed by atoms with Gasteiger partial charge in [-0.3, -0.25) is 0 Å². The lowest BCUT2D eigenvalue weighted by Crippen LogP contribution is -2.19. The molecule has 0 spiro atoms. The van der Waals surface area contributed by atoms with E-state index in [2.05, 4.69) is 5.32 Å². The van der Waals surface area contributed by atoms with E-state index >= 15 is 0 Å². The number of hydrogen-bond acceptors (Lipinski definition) is 1. The van der Waals surface area contributed by atoms with Crippen molar-refractivity contribution in [3.05, 3.63) is 70.3 Å². The van der Waals surface area contributed by atoms with Gasteiger partial charge in [-0.05, 0) is 43.3 Å². The van der Waals surface area contributed by atoms with Crippen molar-refractivity contribution in [3.63, 3.8) is 0 Å². The molecule has 2 aromatic rings. The van der Waals surface area contributed by atoms with E-state index in [0.717, 1.165) is 18.2 Å². The Labute approximate surface area is 114 Å². The molecule has 106 valence electrons. The summed E-state index contributed by atoms with van der Waals surface area (Å²) in [5, 5.41) is 2.82. The van der Waals surface area contributed by atoms with Crippen LogP contribution in [0.2, 0.25) is 0 Å². The van der Waals surface area contributed by atoms with Crippen LogP contribution in [0.4, 0.5) is 17.6 Å². The third kappa shape index (κ3) is 2.67. The van der Waals surface area contributed by atoms with Gasteiger partial charge >= 0.3 is 0 Å². The van der Waals surface area contributed by atoms with E-state index in [-0.39, 0.29) is 11.1 Å². The first-order valence-electron chi connectivity index (χ1n) is 6.01. The molecule has 2 aromatic carbocycles. The maximum atomic E-state index is 13.9. The molecule has 2 rings (SSSR count). The van der Waals surface area contributed by atoms with Gasteiger partial charge in [0.1, 0.15) is 11.6 Å². The first-order valence-corrected chi connectivity index (χ1v) is 6.01. The second kappa shape index (κ2) is 5.63. The minimum Gasteiger partial charge on any atom is -0.309 e. The summed E-state index contributed by atoms with van der Waals surface area (Å²) in [6.07, 6.45) is 0. The summed E-state index contributed by atoms with van der Waals surface area (Å²) in [6.45, 7) is 1.51. The van der Waals surface area contributed by atoms with Crippen LogP contribution in [-0.4, -0.2) is 7.05 Å². The fourth-order valence-electron chi connectivity index (χ4n) is 2.09. The van der Waals surface area contributed by atoms with Gasteiger partial charge in [-0.2, -0.15) is 0 Å². The van der Waals surface area contributed by atoms with Gasteiger partial charge in [-0.1, -0.05) is 6.07 Å².